The van der Waals surface area contributed by atoms with Crippen LogP contribution in [0.3, 0.4) is 0 Å². The van der Waals surface area contributed by atoms with Gasteiger partial charge >= 0.3 is 0 Å². The Hall–Kier alpha value is -2.21. The van der Waals surface area contributed by atoms with E-state index in [2.05, 4.69) is 15.7 Å². The van der Waals surface area contributed by atoms with Gasteiger partial charge < -0.3 is 10.6 Å². The number of ketones is 1. The number of hydrogen-bond donors (Lipinski definition) is 2. The molecule has 0 saturated carbocycles. The number of Topliss-reactive ketones (excluding diaryl/α,β-unsaturated/α-hetero) is 1. The number of aryl methyl sites for hydroxylation is 2. The number of rotatable bonds is 3. The lowest BCUT2D eigenvalue weighted by molar-refractivity contribution is 0.101. The summed E-state index contributed by atoms with van der Waals surface area (Å²) >= 11 is 5.31. The van der Waals surface area contributed by atoms with Gasteiger partial charge in [-0.3, -0.25) is 9.48 Å². The van der Waals surface area contributed by atoms with E-state index in [1.807, 2.05) is 33.0 Å². The first-order valence-electron chi connectivity index (χ1n) is 6.57. The topological polar surface area (TPSA) is 59.0 Å². The van der Waals surface area contributed by atoms with E-state index < -0.39 is 0 Å². The van der Waals surface area contributed by atoms with Gasteiger partial charge in [-0.15, -0.1) is 0 Å². The predicted molar refractivity (Wildman–Crippen MR) is 89.0 cm³/mol. The Morgan fingerprint density at radius 2 is 2.00 bits per heavy atom. The highest BCUT2D eigenvalue weighted by molar-refractivity contribution is 7.80. The second-order valence-electron chi connectivity index (χ2n) is 4.89. The summed E-state index contributed by atoms with van der Waals surface area (Å²) in [7, 11) is 1.89. The molecule has 0 atom stereocenters. The number of aromatic nitrogens is 2. The molecule has 0 fully saturated rings. The van der Waals surface area contributed by atoms with Crippen LogP contribution >= 0.6 is 12.2 Å². The molecule has 2 aromatic rings. The van der Waals surface area contributed by atoms with Crippen molar-refractivity contribution in [1.82, 2.24) is 9.78 Å². The van der Waals surface area contributed by atoms with Crippen molar-refractivity contribution in [2.24, 2.45) is 7.05 Å². The third kappa shape index (κ3) is 3.46. The Labute approximate surface area is 129 Å². The van der Waals surface area contributed by atoms with Crippen LogP contribution in [0.5, 0.6) is 0 Å². The quantitative estimate of drug-likeness (QED) is 0.674. The fourth-order valence-corrected chi connectivity index (χ4v) is 2.27. The Morgan fingerprint density at radius 1 is 1.29 bits per heavy atom. The van der Waals surface area contributed by atoms with Crippen LogP contribution in [0.1, 0.15) is 28.7 Å². The number of nitrogens with one attached hydrogen (secondary N) is 2. The molecule has 5 nitrogen and oxygen atoms in total. The van der Waals surface area contributed by atoms with Crippen LogP contribution in [0, 0.1) is 13.8 Å². The largest absolute Gasteiger partial charge is 0.332 e. The maximum absolute atomic E-state index is 11.4. The van der Waals surface area contributed by atoms with Crippen LogP contribution in [0.4, 0.5) is 11.4 Å². The molecule has 0 aliphatic rings. The number of anilines is 2. The molecular formula is C15H18N4OS. The number of carbonyl (C=O) groups excluding carboxylic acids is 1. The predicted octanol–water partition coefficient (Wildman–Crippen LogP) is 3.05. The van der Waals surface area contributed by atoms with Gasteiger partial charge in [0.1, 0.15) is 0 Å². The van der Waals surface area contributed by atoms with Crippen molar-refractivity contribution in [3.63, 3.8) is 0 Å². The molecule has 1 aromatic carbocycles. The lowest BCUT2D eigenvalue weighted by atomic mass is 10.1. The van der Waals surface area contributed by atoms with Gasteiger partial charge in [-0.1, -0.05) is 12.1 Å². The summed E-state index contributed by atoms with van der Waals surface area (Å²) in [6.45, 7) is 5.44. The highest BCUT2D eigenvalue weighted by Gasteiger charge is 2.10. The number of carbonyl (C=O) groups is 1. The molecule has 0 aliphatic carbocycles. The molecule has 0 radical (unpaired) electrons. The fraction of sp³-hybridized carbons (Fsp3) is 0.267. The highest BCUT2D eigenvalue weighted by Crippen LogP contribution is 2.19. The van der Waals surface area contributed by atoms with Gasteiger partial charge in [-0.05, 0) is 45.1 Å². The molecule has 21 heavy (non-hydrogen) atoms. The van der Waals surface area contributed by atoms with Crippen molar-refractivity contribution < 1.29 is 4.79 Å². The van der Waals surface area contributed by atoms with Gasteiger partial charge in [0.25, 0.3) is 0 Å². The highest BCUT2D eigenvalue weighted by atomic mass is 32.1. The summed E-state index contributed by atoms with van der Waals surface area (Å²) in [6.07, 6.45) is 0. The monoisotopic (exact) mass is 302 g/mol. The minimum atomic E-state index is 0.0245. The summed E-state index contributed by atoms with van der Waals surface area (Å²) < 4.78 is 1.80. The Balaban J connectivity index is 2.12. The van der Waals surface area contributed by atoms with Crippen LogP contribution in [-0.2, 0) is 7.05 Å². The summed E-state index contributed by atoms with van der Waals surface area (Å²) in [6, 6.07) is 7.24. The van der Waals surface area contributed by atoms with Crippen LogP contribution in [0.2, 0.25) is 0 Å². The number of benzene rings is 1. The van der Waals surface area contributed by atoms with E-state index in [4.69, 9.17) is 12.2 Å². The van der Waals surface area contributed by atoms with E-state index in [1.165, 1.54) is 6.92 Å². The van der Waals surface area contributed by atoms with E-state index in [0.717, 1.165) is 22.8 Å². The molecule has 1 heterocycles. The van der Waals surface area contributed by atoms with E-state index in [1.54, 1.807) is 16.8 Å². The SMILES string of the molecule is CC(=O)c1cccc(NC(=S)Nc2c(C)nn(C)c2C)c1. The summed E-state index contributed by atoms with van der Waals surface area (Å²) in [5.74, 6) is 0.0245. The number of thiocarbonyl (C=S) groups is 1. The van der Waals surface area contributed by atoms with E-state index in [9.17, 15) is 4.79 Å². The molecule has 0 saturated heterocycles. The second-order valence-corrected chi connectivity index (χ2v) is 5.29. The molecule has 0 aliphatic heterocycles. The molecule has 0 spiro atoms. The van der Waals surface area contributed by atoms with E-state index in [0.29, 0.717) is 10.7 Å². The van der Waals surface area contributed by atoms with Crippen LogP contribution in [0.25, 0.3) is 0 Å². The normalized spacial score (nSPS) is 10.3. The average molecular weight is 302 g/mol. The molecule has 6 heteroatoms. The first-order chi connectivity index (χ1) is 9.88. The second kappa shape index (κ2) is 6.05. The van der Waals surface area contributed by atoms with Gasteiger partial charge in [-0.25, -0.2) is 0 Å². The maximum Gasteiger partial charge on any atom is 0.175 e. The lowest BCUT2D eigenvalue weighted by Crippen LogP contribution is -2.20. The molecule has 0 amide bonds. The van der Waals surface area contributed by atoms with Gasteiger partial charge in [0.15, 0.2) is 10.9 Å². The van der Waals surface area contributed by atoms with Gasteiger partial charge in [0.05, 0.1) is 17.1 Å². The molecular weight excluding hydrogens is 284 g/mol. The first kappa shape index (κ1) is 15.2. The molecule has 2 N–H and O–H groups in total. The third-order valence-corrected chi connectivity index (χ3v) is 3.48. The van der Waals surface area contributed by atoms with Gasteiger partial charge in [0.2, 0.25) is 0 Å². The molecule has 110 valence electrons. The van der Waals surface area contributed by atoms with E-state index >= 15 is 0 Å². The minimum Gasteiger partial charge on any atom is -0.332 e. The fourth-order valence-electron chi connectivity index (χ4n) is 2.05. The Kier molecular flexibility index (Phi) is 4.37. The van der Waals surface area contributed by atoms with Crippen molar-refractivity contribution in [2.75, 3.05) is 10.6 Å². The van der Waals surface area contributed by atoms with Crippen LogP contribution < -0.4 is 10.6 Å². The summed E-state index contributed by atoms with van der Waals surface area (Å²) in [5, 5.41) is 11.0. The molecule has 2 rings (SSSR count). The van der Waals surface area contributed by atoms with E-state index in [-0.39, 0.29) is 5.78 Å². The third-order valence-electron chi connectivity index (χ3n) is 3.27. The molecule has 0 bridgehead atoms. The molecule has 0 unspecified atom stereocenters. The van der Waals surface area contributed by atoms with Gasteiger partial charge in [-0.2, -0.15) is 5.10 Å². The zero-order chi connectivity index (χ0) is 15.6. The smallest absolute Gasteiger partial charge is 0.175 e. The molecule has 1 aromatic heterocycles. The lowest BCUT2D eigenvalue weighted by Gasteiger charge is -2.11. The van der Waals surface area contributed by atoms with Crippen molar-refractivity contribution in [1.29, 1.82) is 0 Å². The van der Waals surface area contributed by atoms with Gasteiger partial charge in [0, 0.05) is 18.3 Å². The van der Waals surface area contributed by atoms with Crippen molar-refractivity contribution >= 4 is 34.5 Å². The summed E-state index contributed by atoms with van der Waals surface area (Å²) in [5.41, 5.74) is 4.22. The first-order valence-corrected chi connectivity index (χ1v) is 6.98. The number of hydrogen-bond acceptors (Lipinski definition) is 3. The summed E-state index contributed by atoms with van der Waals surface area (Å²) in [4.78, 5) is 11.4. The zero-order valence-corrected chi connectivity index (χ0v) is 13.3. The van der Waals surface area contributed by atoms with Crippen molar-refractivity contribution in [3.05, 3.63) is 41.2 Å². The van der Waals surface area contributed by atoms with Crippen LogP contribution in [0.15, 0.2) is 24.3 Å². The van der Waals surface area contributed by atoms with Crippen molar-refractivity contribution in [3.8, 4) is 0 Å². The minimum absolute atomic E-state index is 0.0245. The standard InChI is InChI=1S/C15H18N4OS/c1-9-14(10(2)19(4)18-9)17-15(21)16-13-7-5-6-12(8-13)11(3)20/h5-8H,1-4H3,(H2,16,17,21). The van der Waals surface area contributed by atoms with Crippen LogP contribution in [-0.4, -0.2) is 20.7 Å². The average Bonchev–Trinajstić information content (AvgIpc) is 2.65. The Morgan fingerprint density at radius 3 is 2.57 bits per heavy atom. The van der Waals surface area contributed by atoms with Crippen molar-refractivity contribution in [2.45, 2.75) is 20.8 Å². The zero-order valence-electron chi connectivity index (χ0n) is 12.5. The number of nitrogens with zero attached hydrogens (tertiary/aromatic N) is 2. The maximum atomic E-state index is 11.4. The Bertz CT molecular complexity index is 706.